The minimum Gasteiger partial charge on any atom is -0.496 e. The second-order valence-electron chi connectivity index (χ2n) is 8.74. The van der Waals surface area contributed by atoms with Crippen LogP contribution in [0.25, 0.3) is 11.1 Å². The maximum atomic E-state index is 13.0. The highest BCUT2D eigenvalue weighted by molar-refractivity contribution is 5.83. The van der Waals surface area contributed by atoms with Gasteiger partial charge in [0.15, 0.2) is 0 Å². The van der Waals surface area contributed by atoms with Crippen molar-refractivity contribution in [2.24, 2.45) is 11.8 Å². The zero-order valence-corrected chi connectivity index (χ0v) is 18.3. The van der Waals surface area contributed by atoms with E-state index >= 15 is 0 Å². The van der Waals surface area contributed by atoms with Crippen molar-refractivity contribution in [3.8, 4) is 16.9 Å². The van der Waals surface area contributed by atoms with Gasteiger partial charge in [0.25, 0.3) is 0 Å². The van der Waals surface area contributed by atoms with Gasteiger partial charge in [-0.2, -0.15) is 0 Å². The molecule has 2 fully saturated rings. The van der Waals surface area contributed by atoms with Crippen molar-refractivity contribution in [1.82, 2.24) is 10.2 Å². The molecule has 1 aliphatic heterocycles. The van der Waals surface area contributed by atoms with Gasteiger partial charge >= 0.3 is 0 Å². The van der Waals surface area contributed by atoms with Crippen molar-refractivity contribution in [3.05, 3.63) is 54.1 Å². The largest absolute Gasteiger partial charge is 0.496 e. The van der Waals surface area contributed by atoms with Crippen molar-refractivity contribution in [2.75, 3.05) is 26.7 Å². The molecule has 31 heavy (non-hydrogen) atoms. The molecule has 2 aromatic carbocycles. The first kappa shape index (κ1) is 21.4. The Bertz CT molecular complexity index is 920. The number of hydrogen-bond donors (Lipinski definition) is 1. The second-order valence-corrected chi connectivity index (χ2v) is 8.74. The quantitative estimate of drug-likeness (QED) is 0.767. The van der Waals surface area contributed by atoms with Crippen LogP contribution in [0, 0.1) is 11.8 Å². The molecule has 1 saturated heterocycles. The number of nitrogens with zero attached hydrogens (tertiary/aromatic N) is 1. The number of ether oxygens (including phenoxy) is 1. The van der Waals surface area contributed by atoms with Gasteiger partial charge in [-0.25, -0.2) is 0 Å². The van der Waals surface area contributed by atoms with Gasteiger partial charge in [-0.1, -0.05) is 55.3 Å². The zero-order valence-electron chi connectivity index (χ0n) is 18.3. The molecule has 2 aromatic rings. The SMILES string of the molecule is COc1ccccc1-c1ccccc1C[C@H]1CN(C(=O)CC2CCCC2)CCNC1=O. The number of benzene rings is 2. The van der Waals surface area contributed by atoms with E-state index in [1.54, 1.807) is 7.11 Å². The molecule has 1 saturated carbocycles. The third-order valence-corrected chi connectivity index (χ3v) is 6.66. The van der Waals surface area contributed by atoms with Crippen LogP contribution < -0.4 is 10.1 Å². The van der Waals surface area contributed by atoms with E-state index in [9.17, 15) is 9.59 Å². The highest BCUT2D eigenvalue weighted by Gasteiger charge is 2.30. The molecule has 1 N–H and O–H groups in total. The smallest absolute Gasteiger partial charge is 0.225 e. The Hall–Kier alpha value is -2.82. The van der Waals surface area contributed by atoms with Gasteiger partial charge in [-0.05, 0) is 42.4 Å². The molecular weight excluding hydrogens is 388 g/mol. The first-order chi connectivity index (χ1) is 15.2. The van der Waals surface area contributed by atoms with E-state index in [2.05, 4.69) is 17.4 Å². The van der Waals surface area contributed by atoms with Gasteiger partial charge in [0, 0.05) is 31.6 Å². The Labute approximate surface area is 184 Å². The molecule has 0 unspecified atom stereocenters. The molecule has 1 atom stereocenters. The first-order valence-electron chi connectivity index (χ1n) is 11.4. The summed E-state index contributed by atoms with van der Waals surface area (Å²) in [6, 6.07) is 16.1. The third-order valence-electron chi connectivity index (χ3n) is 6.66. The van der Waals surface area contributed by atoms with Crippen LogP contribution in [0.15, 0.2) is 48.5 Å². The Balaban J connectivity index is 1.53. The molecule has 5 heteroatoms. The molecule has 0 aromatic heterocycles. The number of rotatable bonds is 6. The average molecular weight is 421 g/mol. The number of hydrogen-bond acceptors (Lipinski definition) is 3. The van der Waals surface area contributed by atoms with E-state index < -0.39 is 0 Å². The monoisotopic (exact) mass is 420 g/mol. The van der Waals surface area contributed by atoms with Crippen LogP contribution in [0.5, 0.6) is 5.75 Å². The van der Waals surface area contributed by atoms with Gasteiger partial charge in [-0.3, -0.25) is 9.59 Å². The van der Waals surface area contributed by atoms with Crippen LogP contribution in [0.3, 0.4) is 0 Å². The second kappa shape index (κ2) is 9.99. The maximum Gasteiger partial charge on any atom is 0.225 e. The van der Waals surface area contributed by atoms with Crippen molar-refractivity contribution in [1.29, 1.82) is 0 Å². The van der Waals surface area contributed by atoms with Crippen LogP contribution in [0.4, 0.5) is 0 Å². The molecule has 0 spiro atoms. The summed E-state index contributed by atoms with van der Waals surface area (Å²) in [5.41, 5.74) is 3.18. The highest BCUT2D eigenvalue weighted by Crippen LogP contribution is 2.33. The van der Waals surface area contributed by atoms with E-state index in [1.807, 2.05) is 41.3 Å². The molecule has 4 rings (SSSR count). The third kappa shape index (κ3) is 5.09. The Morgan fingerprint density at radius 3 is 2.55 bits per heavy atom. The molecule has 2 aliphatic rings. The van der Waals surface area contributed by atoms with E-state index in [-0.39, 0.29) is 17.7 Å². The lowest BCUT2D eigenvalue weighted by Crippen LogP contribution is -2.38. The summed E-state index contributed by atoms with van der Waals surface area (Å²) in [6.45, 7) is 1.61. The normalized spacial score (nSPS) is 19.7. The van der Waals surface area contributed by atoms with Gasteiger partial charge in [-0.15, -0.1) is 0 Å². The number of carbonyl (C=O) groups excluding carboxylic acids is 2. The summed E-state index contributed by atoms with van der Waals surface area (Å²) in [5, 5.41) is 3.02. The van der Waals surface area contributed by atoms with Crippen LogP contribution in [0.2, 0.25) is 0 Å². The fourth-order valence-corrected chi connectivity index (χ4v) is 4.97. The summed E-state index contributed by atoms with van der Waals surface area (Å²) >= 11 is 0. The Morgan fingerprint density at radius 2 is 1.77 bits per heavy atom. The summed E-state index contributed by atoms with van der Waals surface area (Å²) in [4.78, 5) is 27.7. The van der Waals surface area contributed by atoms with Gasteiger partial charge in [0.05, 0.1) is 13.0 Å². The van der Waals surface area contributed by atoms with Crippen LogP contribution in [-0.2, 0) is 16.0 Å². The standard InChI is InChI=1S/C26H32N2O3/c1-31-24-13-7-6-12-23(24)22-11-5-4-10-20(22)17-21-18-28(15-14-27-26(21)30)25(29)16-19-8-2-3-9-19/h4-7,10-13,19,21H,2-3,8-9,14-18H2,1H3,(H,27,30)/t21-/m0/s1. The van der Waals surface area contributed by atoms with Crippen molar-refractivity contribution < 1.29 is 14.3 Å². The van der Waals surface area contributed by atoms with Gasteiger partial charge in [0.2, 0.25) is 11.8 Å². The lowest BCUT2D eigenvalue weighted by Gasteiger charge is -2.25. The predicted octanol–water partition coefficient (Wildman–Crippen LogP) is 4.06. The van der Waals surface area contributed by atoms with E-state index in [4.69, 9.17) is 4.74 Å². The number of carbonyl (C=O) groups is 2. The molecule has 2 amide bonds. The fourth-order valence-electron chi connectivity index (χ4n) is 4.97. The number of methoxy groups -OCH3 is 1. The molecule has 5 nitrogen and oxygen atoms in total. The summed E-state index contributed by atoms with van der Waals surface area (Å²) in [5.74, 6) is 1.31. The molecular formula is C26H32N2O3. The molecule has 0 radical (unpaired) electrons. The minimum absolute atomic E-state index is 0.0333. The lowest BCUT2D eigenvalue weighted by molar-refractivity contribution is -0.133. The van der Waals surface area contributed by atoms with E-state index in [0.717, 1.165) is 35.3 Å². The summed E-state index contributed by atoms with van der Waals surface area (Å²) in [6.07, 6.45) is 6.01. The van der Waals surface area contributed by atoms with E-state index in [0.29, 0.717) is 38.4 Å². The van der Waals surface area contributed by atoms with Crippen LogP contribution in [-0.4, -0.2) is 43.5 Å². The number of amides is 2. The predicted molar refractivity (Wildman–Crippen MR) is 122 cm³/mol. The zero-order chi connectivity index (χ0) is 21.6. The minimum atomic E-state index is -0.258. The summed E-state index contributed by atoms with van der Waals surface area (Å²) in [7, 11) is 1.67. The number of nitrogens with one attached hydrogen (secondary N) is 1. The Kier molecular flexibility index (Phi) is 6.90. The van der Waals surface area contributed by atoms with Crippen molar-refractivity contribution >= 4 is 11.8 Å². The highest BCUT2D eigenvalue weighted by atomic mass is 16.5. The van der Waals surface area contributed by atoms with Crippen LogP contribution >= 0.6 is 0 Å². The van der Waals surface area contributed by atoms with Crippen molar-refractivity contribution in [2.45, 2.75) is 38.5 Å². The fraction of sp³-hybridized carbons (Fsp3) is 0.462. The maximum absolute atomic E-state index is 13.0. The first-order valence-corrected chi connectivity index (χ1v) is 11.4. The van der Waals surface area contributed by atoms with Crippen LogP contribution in [0.1, 0.15) is 37.7 Å². The Morgan fingerprint density at radius 1 is 1.06 bits per heavy atom. The topological polar surface area (TPSA) is 58.6 Å². The van der Waals surface area contributed by atoms with E-state index in [1.165, 1.54) is 12.8 Å². The molecule has 164 valence electrons. The molecule has 1 aliphatic carbocycles. The number of para-hydroxylation sites is 1. The molecule has 0 bridgehead atoms. The average Bonchev–Trinajstić information content (AvgIpc) is 3.23. The lowest BCUT2D eigenvalue weighted by atomic mass is 9.91. The van der Waals surface area contributed by atoms with Gasteiger partial charge in [0.1, 0.15) is 5.75 Å². The van der Waals surface area contributed by atoms with Crippen molar-refractivity contribution in [3.63, 3.8) is 0 Å². The van der Waals surface area contributed by atoms with Gasteiger partial charge < -0.3 is 15.0 Å². The molecule has 1 heterocycles. The summed E-state index contributed by atoms with van der Waals surface area (Å²) < 4.78 is 5.57.